The van der Waals surface area contributed by atoms with E-state index in [-0.39, 0.29) is 0 Å². The van der Waals surface area contributed by atoms with Gasteiger partial charge in [0.05, 0.1) is 12.8 Å². The van der Waals surface area contributed by atoms with Gasteiger partial charge in [0.2, 0.25) is 5.82 Å². The number of hydrogen-bond acceptors (Lipinski definition) is 5. The molecule has 0 saturated carbocycles. The molecule has 0 aromatic carbocycles. The second-order valence-corrected chi connectivity index (χ2v) is 3.35. The summed E-state index contributed by atoms with van der Waals surface area (Å²) in [6, 6.07) is 1.85. The summed E-state index contributed by atoms with van der Waals surface area (Å²) in [4.78, 5) is 4.07. The van der Waals surface area contributed by atoms with E-state index in [0.717, 1.165) is 24.2 Å². The summed E-state index contributed by atoms with van der Waals surface area (Å²) in [5.41, 5.74) is 0.794. The third-order valence-corrected chi connectivity index (χ3v) is 2.08. The molecule has 16 heavy (non-hydrogen) atoms. The standard InChI is InChI=1S/C10H13N5O/c1-2-3-4-16-9-5-8(6-11-7-9)10-12-14-15-13-10/h5-7H,2-4H2,1H3,(H,12,13,14,15). The summed E-state index contributed by atoms with van der Waals surface area (Å²) in [6.45, 7) is 2.82. The number of aromatic amines is 1. The Morgan fingerprint density at radius 1 is 1.38 bits per heavy atom. The molecule has 6 heteroatoms. The van der Waals surface area contributed by atoms with E-state index < -0.39 is 0 Å². The second kappa shape index (κ2) is 5.20. The maximum Gasteiger partial charge on any atom is 0.206 e. The van der Waals surface area contributed by atoms with Crippen molar-refractivity contribution in [3.63, 3.8) is 0 Å². The number of ether oxygens (including phenoxy) is 1. The predicted molar refractivity (Wildman–Crippen MR) is 57.8 cm³/mol. The van der Waals surface area contributed by atoms with Crippen molar-refractivity contribution >= 4 is 0 Å². The third-order valence-electron chi connectivity index (χ3n) is 2.08. The number of nitrogens with one attached hydrogen (secondary N) is 1. The van der Waals surface area contributed by atoms with Crippen molar-refractivity contribution in [2.45, 2.75) is 19.8 Å². The van der Waals surface area contributed by atoms with Gasteiger partial charge in [-0.25, -0.2) is 0 Å². The van der Waals surface area contributed by atoms with Crippen molar-refractivity contribution in [2.75, 3.05) is 6.61 Å². The fourth-order valence-corrected chi connectivity index (χ4v) is 1.24. The van der Waals surface area contributed by atoms with Gasteiger partial charge in [-0.3, -0.25) is 4.98 Å². The second-order valence-electron chi connectivity index (χ2n) is 3.35. The van der Waals surface area contributed by atoms with E-state index in [1.54, 1.807) is 12.4 Å². The zero-order valence-corrected chi connectivity index (χ0v) is 9.05. The molecule has 0 fully saturated rings. The topological polar surface area (TPSA) is 76.6 Å². The van der Waals surface area contributed by atoms with Crippen LogP contribution in [0, 0.1) is 0 Å². The quantitative estimate of drug-likeness (QED) is 0.770. The average Bonchev–Trinajstić information content (AvgIpc) is 2.83. The lowest BCUT2D eigenvalue weighted by Gasteiger charge is -2.04. The van der Waals surface area contributed by atoms with Gasteiger partial charge in [0.25, 0.3) is 0 Å². The van der Waals surface area contributed by atoms with Gasteiger partial charge in [-0.1, -0.05) is 13.3 Å². The molecule has 0 atom stereocenters. The zero-order chi connectivity index (χ0) is 11.2. The molecule has 0 aliphatic rings. The number of unbranched alkanes of at least 4 members (excludes halogenated alkanes) is 1. The molecule has 6 nitrogen and oxygen atoms in total. The Bertz CT molecular complexity index is 429. The summed E-state index contributed by atoms with van der Waals surface area (Å²) in [7, 11) is 0. The minimum atomic E-state index is 0.522. The van der Waals surface area contributed by atoms with Crippen LogP contribution in [0.4, 0.5) is 0 Å². The van der Waals surface area contributed by atoms with E-state index in [1.807, 2.05) is 6.07 Å². The van der Waals surface area contributed by atoms with Gasteiger partial charge < -0.3 is 4.74 Å². The van der Waals surface area contributed by atoms with E-state index in [4.69, 9.17) is 4.74 Å². The van der Waals surface area contributed by atoms with Crippen molar-refractivity contribution < 1.29 is 4.74 Å². The minimum Gasteiger partial charge on any atom is -0.492 e. The molecular weight excluding hydrogens is 206 g/mol. The summed E-state index contributed by atoms with van der Waals surface area (Å²) < 4.78 is 5.54. The number of rotatable bonds is 5. The Labute approximate surface area is 93.1 Å². The molecule has 0 spiro atoms. The van der Waals surface area contributed by atoms with E-state index in [2.05, 4.69) is 32.5 Å². The first-order valence-corrected chi connectivity index (χ1v) is 5.22. The predicted octanol–water partition coefficient (Wildman–Crippen LogP) is 1.44. The largest absolute Gasteiger partial charge is 0.492 e. The van der Waals surface area contributed by atoms with E-state index >= 15 is 0 Å². The summed E-state index contributed by atoms with van der Waals surface area (Å²) in [5.74, 6) is 1.25. The van der Waals surface area contributed by atoms with Gasteiger partial charge in [0.15, 0.2) is 0 Å². The lowest BCUT2D eigenvalue weighted by atomic mass is 10.2. The van der Waals surface area contributed by atoms with Crippen LogP contribution in [0.5, 0.6) is 5.75 Å². The molecule has 2 heterocycles. The molecule has 2 aromatic rings. The zero-order valence-electron chi connectivity index (χ0n) is 9.05. The van der Waals surface area contributed by atoms with Crippen LogP contribution in [0.25, 0.3) is 11.4 Å². The van der Waals surface area contributed by atoms with Crippen LogP contribution in [0.3, 0.4) is 0 Å². The smallest absolute Gasteiger partial charge is 0.206 e. The van der Waals surface area contributed by atoms with Crippen molar-refractivity contribution in [2.24, 2.45) is 0 Å². The molecular formula is C10H13N5O. The normalized spacial score (nSPS) is 10.3. The number of hydrogen-bond donors (Lipinski definition) is 1. The highest BCUT2D eigenvalue weighted by Gasteiger charge is 2.04. The minimum absolute atomic E-state index is 0.522. The Morgan fingerprint density at radius 3 is 3.06 bits per heavy atom. The molecule has 0 amide bonds. The van der Waals surface area contributed by atoms with Gasteiger partial charge in [0.1, 0.15) is 5.75 Å². The maximum absolute atomic E-state index is 5.54. The summed E-state index contributed by atoms with van der Waals surface area (Å²) in [5, 5.41) is 13.7. The number of tetrazole rings is 1. The Balaban J connectivity index is 2.08. The third kappa shape index (κ3) is 2.53. The highest BCUT2D eigenvalue weighted by Crippen LogP contribution is 2.18. The number of pyridine rings is 1. The van der Waals surface area contributed by atoms with Crippen LogP contribution in [-0.2, 0) is 0 Å². The summed E-state index contributed by atoms with van der Waals surface area (Å²) >= 11 is 0. The van der Waals surface area contributed by atoms with Crippen LogP contribution in [0.2, 0.25) is 0 Å². The average molecular weight is 219 g/mol. The molecule has 0 unspecified atom stereocenters. The van der Waals surface area contributed by atoms with E-state index in [1.165, 1.54) is 0 Å². The molecule has 2 rings (SSSR count). The number of nitrogens with zero attached hydrogens (tertiary/aromatic N) is 4. The van der Waals surface area contributed by atoms with Crippen LogP contribution in [0.1, 0.15) is 19.8 Å². The molecule has 0 radical (unpaired) electrons. The Hall–Kier alpha value is -1.98. The lowest BCUT2D eigenvalue weighted by molar-refractivity contribution is 0.308. The molecule has 2 aromatic heterocycles. The van der Waals surface area contributed by atoms with Gasteiger partial charge in [-0.15, -0.1) is 10.2 Å². The van der Waals surface area contributed by atoms with Crippen LogP contribution < -0.4 is 4.74 Å². The maximum atomic E-state index is 5.54. The van der Waals surface area contributed by atoms with Gasteiger partial charge in [-0.05, 0) is 17.7 Å². The number of H-pyrrole nitrogens is 1. The van der Waals surface area contributed by atoms with Gasteiger partial charge >= 0.3 is 0 Å². The van der Waals surface area contributed by atoms with Crippen LogP contribution in [-0.4, -0.2) is 32.2 Å². The van der Waals surface area contributed by atoms with E-state index in [0.29, 0.717) is 12.4 Å². The molecule has 0 aliphatic heterocycles. The van der Waals surface area contributed by atoms with Crippen LogP contribution >= 0.6 is 0 Å². The van der Waals surface area contributed by atoms with Crippen molar-refractivity contribution in [3.05, 3.63) is 18.5 Å². The Kier molecular flexibility index (Phi) is 3.42. The fraction of sp³-hybridized carbons (Fsp3) is 0.400. The van der Waals surface area contributed by atoms with Crippen molar-refractivity contribution in [1.82, 2.24) is 25.6 Å². The molecule has 1 N–H and O–H groups in total. The molecule has 0 bridgehead atoms. The highest BCUT2D eigenvalue weighted by atomic mass is 16.5. The van der Waals surface area contributed by atoms with Crippen LogP contribution in [0.15, 0.2) is 18.5 Å². The first-order chi connectivity index (χ1) is 7.90. The molecule has 84 valence electrons. The highest BCUT2D eigenvalue weighted by molar-refractivity contribution is 5.54. The number of aromatic nitrogens is 5. The lowest BCUT2D eigenvalue weighted by Crippen LogP contribution is -1.97. The molecule has 0 saturated heterocycles. The van der Waals surface area contributed by atoms with Crippen molar-refractivity contribution in [1.29, 1.82) is 0 Å². The Morgan fingerprint density at radius 2 is 2.31 bits per heavy atom. The first kappa shape index (κ1) is 10.5. The summed E-state index contributed by atoms with van der Waals surface area (Å²) in [6.07, 6.45) is 5.50. The molecule has 0 aliphatic carbocycles. The monoisotopic (exact) mass is 219 g/mol. The van der Waals surface area contributed by atoms with Gasteiger partial charge in [0, 0.05) is 11.8 Å². The van der Waals surface area contributed by atoms with Gasteiger partial charge in [-0.2, -0.15) is 5.21 Å². The SMILES string of the molecule is CCCCOc1cncc(-c2nn[nH]n2)c1. The van der Waals surface area contributed by atoms with Crippen molar-refractivity contribution in [3.8, 4) is 17.1 Å². The fourth-order valence-electron chi connectivity index (χ4n) is 1.24. The first-order valence-electron chi connectivity index (χ1n) is 5.22. The van der Waals surface area contributed by atoms with E-state index in [9.17, 15) is 0 Å².